The fraction of sp³-hybridized carbons (Fsp3) is 0. The van der Waals surface area contributed by atoms with Crippen LogP contribution in [0.2, 0.25) is 0 Å². The van der Waals surface area contributed by atoms with E-state index in [1.54, 1.807) is 0 Å². The Morgan fingerprint density at radius 2 is 1.08 bits per heavy atom. The highest BCUT2D eigenvalue weighted by atomic mass is 32.1. The van der Waals surface area contributed by atoms with Crippen LogP contribution in [0.3, 0.4) is 0 Å². The van der Waals surface area contributed by atoms with Crippen molar-refractivity contribution in [1.82, 2.24) is 19.5 Å². The van der Waals surface area contributed by atoms with E-state index in [4.69, 9.17) is 19.4 Å². The Hall–Kier alpha value is -6.63. The van der Waals surface area contributed by atoms with Crippen molar-refractivity contribution < 1.29 is 4.42 Å². The lowest BCUT2D eigenvalue weighted by atomic mass is 10.00. The van der Waals surface area contributed by atoms with E-state index in [-0.39, 0.29) is 0 Å². The second kappa shape index (κ2) is 10.9. The molecule has 6 heteroatoms. The molecular weight excluding hydrogens is 645 g/mol. The third-order valence-electron chi connectivity index (χ3n) is 9.89. The molecule has 0 aliphatic rings. The predicted molar refractivity (Wildman–Crippen MR) is 211 cm³/mol. The van der Waals surface area contributed by atoms with Crippen LogP contribution < -0.4 is 0 Å². The molecule has 0 unspecified atom stereocenters. The summed E-state index contributed by atoms with van der Waals surface area (Å²) < 4.78 is 11.5. The van der Waals surface area contributed by atoms with Gasteiger partial charge in [0, 0.05) is 64.0 Å². The van der Waals surface area contributed by atoms with E-state index in [0.717, 1.165) is 60.4 Å². The first kappa shape index (κ1) is 28.2. The van der Waals surface area contributed by atoms with Crippen molar-refractivity contribution in [3.63, 3.8) is 0 Å². The number of hydrogen-bond donors (Lipinski definition) is 0. The first-order valence-corrected chi connectivity index (χ1v) is 17.8. The third kappa shape index (κ3) is 4.30. The first-order chi connectivity index (χ1) is 25.3. The Morgan fingerprint density at radius 1 is 0.451 bits per heavy atom. The van der Waals surface area contributed by atoms with Gasteiger partial charge in [-0.05, 0) is 30.3 Å². The van der Waals surface area contributed by atoms with Crippen LogP contribution >= 0.6 is 11.3 Å². The number of hydrogen-bond acceptors (Lipinski definition) is 5. The lowest BCUT2D eigenvalue weighted by Gasteiger charge is -2.10. The molecule has 5 nitrogen and oxygen atoms in total. The quantitative estimate of drug-likeness (QED) is 0.187. The minimum atomic E-state index is 0.569. The van der Waals surface area contributed by atoms with Gasteiger partial charge in [0.15, 0.2) is 11.6 Å². The topological polar surface area (TPSA) is 56.7 Å². The smallest absolute Gasteiger partial charge is 0.238 e. The number of thiophene rings is 1. The summed E-state index contributed by atoms with van der Waals surface area (Å²) in [5.74, 6) is 1.76. The van der Waals surface area contributed by atoms with E-state index >= 15 is 0 Å². The standard InChI is InChI=1S/C45H26N4OS/c1-2-12-27(13-3-1)43-46-44(48-45(47-43)49-37-21-7-4-14-29(37)30-15-5-8-22-38(30)49)28-24-25-31-33-17-10-18-34(41(33)50-39(31)26-28)36-20-11-19-35-32-16-6-9-23-40(32)51-42(35)36/h1-26H. The van der Waals surface area contributed by atoms with Crippen molar-refractivity contribution in [2.24, 2.45) is 0 Å². The van der Waals surface area contributed by atoms with Crippen LogP contribution in [0.5, 0.6) is 0 Å². The summed E-state index contributed by atoms with van der Waals surface area (Å²) in [5.41, 5.74) is 7.80. The molecule has 0 bridgehead atoms. The zero-order valence-electron chi connectivity index (χ0n) is 27.1. The molecule has 0 atom stereocenters. The normalized spacial score (nSPS) is 11.9. The molecular formula is C45H26N4OS. The largest absolute Gasteiger partial charge is 0.455 e. The van der Waals surface area contributed by atoms with E-state index in [0.29, 0.717) is 17.6 Å². The van der Waals surface area contributed by atoms with Crippen molar-refractivity contribution in [2.45, 2.75) is 0 Å². The van der Waals surface area contributed by atoms with Crippen molar-refractivity contribution in [3.05, 3.63) is 158 Å². The van der Waals surface area contributed by atoms with E-state index in [1.807, 2.05) is 41.7 Å². The molecule has 0 spiro atoms. The molecule has 7 aromatic carbocycles. The first-order valence-electron chi connectivity index (χ1n) is 16.9. The van der Waals surface area contributed by atoms with E-state index < -0.39 is 0 Å². The lowest BCUT2D eigenvalue weighted by molar-refractivity contribution is 0.670. The van der Waals surface area contributed by atoms with E-state index in [2.05, 4.69) is 132 Å². The van der Waals surface area contributed by atoms with Crippen LogP contribution in [0, 0.1) is 0 Å². The monoisotopic (exact) mass is 670 g/mol. The molecule has 11 aromatic rings. The molecule has 11 rings (SSSR count). The Labute approximate surface area is 295 Å². The Balaban J connectivity index is 1.12. The van der Waals surface area contributed by atoms with Gasteiger partial charge in [-0.15, -0.1) is 11.3 Å². The summed E-state index contributed by atoms with van der Waals surface area (Å²) in [7, 11) is 0. The molecule has 0 saturated carbocycles. The number of furan rings is 1. The zero-order chi connectivity index (χ0) is 33.5. The summed E-state index contributed by atoms with van der Waals surface area (Å²) in [6, 6.07) is 54.8. The summed E-state index contributed by atoms with van der Waals surface area (Å²) in [5, 5.41) is 7.00. The third-order valence-corrected chi connectivity index (χ3v) is 11.1. The van der Waals surface area contributed by atoms with Gasteiger partial charge >= 0.3 is 0 Å². The zero-order valence-corrected chi connectivity index (χ0v) is 27.9. The van der Waals surface area contributed by atoms with Crippen molar-refractivity contribution in [1.29, 1.82) is 0 Å². The number of benzene rings is 7. The maximum absolute atomic E-state index is 6.78. The number of para-hydroxylation sites is 3. The molecule has 4 heterocycles. The average Bonchev–Trinajstić information content (AvgIpc) is 3.87. The van der Waals surface area contributed by atoms with Crippen LogP contribution in [-0.4, -0.2) is 19.5 Å². The van der Waals surface area contributed by atoms with Gasteiger partial charge in [-0.2, -0.15) is 9.97 Å². The summed E-state index contributed by atoms with van der Waals surface area (Å²) in [6.45, 7) is 0. The van der Waals surface area contributed by atoms with Crippen LogP contribution in [0.25, 0.3) is 104 Å². The van der Waals surface area contributed by atoms with Crippen molar-refractivity contribution >= 4 is 75.3 Å². The summed E-state index contributed by atoms with van der Waals surface area (Å²) in [4.78, 5) is 15.3. The van der Waals surface area contributed by atoms with Crippen LogP contribution in [0.4, 0.5) is 0 Å². The van der Waals surface area contributed by atoms with Gasteiger partial charge in [-0.25, -0.2) is 4.98 Å². The fourth-order valence-corrected chi connectivity index (χ4v) is 8.79. The molecule has 0 saturated heterocycles. The molecule has 0 N–H and O–H groups in total. The molecule has 0 fully saturated rings. The van der Waals surface area contributed by atoms with Crippen LogP contribution in [0.1, 0.15) is 0 Å². The van der Waals surface area contributed by atoms with Crippen LogP contribution in [-0.2, 0) is 0 Å². The second-order valence-corrected chi connectivity index (χ2v) is 13.8. The molecule has 238 valence electrons. The Kier molecular flexibility index (Phi) is 6.05. The number of aromatic nitrogens is 4. The van der Waals surface area contributed by atoms with Gasteiger partial charge in [0.25, 0.3) is 0 Å². The highest BCUT2D eigenvalue weighted by Gasteiger charge is 2.20. The van der Waals surface area contributed by atoms with Gasteiger partial charge in [-0.3, -0.25) is 4.57 Å². The van der Waals surface area contributed by atoms with Gasteiger partial charge in [0.2, 0.25) is 5.95 Å². The highest BCUT2D eigenvalue weighted by molar-refractivity contribution is 7.26. The van der Waals surface area contributed by atoms with Gasteiger partial charge in [0.1, 0.15) is 11.2 Å². The summed E-state index contributed by atoms with van der Waals surface area (Å²) >= 11 is 1.83. The molecule has 4 aromatic heterocycles. The number of nitrogens with zero attached hydrogens (tertiary/aromatic N) is 4. The van der Waals surface area contributed by atoms with Crippen molar-refractivity contribution in [3.8, 4) is 39.9 Å². The Bertz CT molecular complexity index is 3100. The SMILES string of the molecule is c1ccc(-c2nc(-c3ccc4c(c3)oc3c(-c5cccc6c5sc5ccccc56)cccc34)nc(-n3c4ccccc4c4ccccc43)n2)cc1. The molecule has 51 heavy (non-hydrogen) atoms. The van der Waals surface area contributed by atoms with Crippen molar-refractivity contribution in [2.75, 3.05) is 0 Å². The van der Waals surface area contributed by atoms with Gasteiger partial charge in [-0.1, -0.05) is 127 Å². The maximum atomic E-state index is 6.78. The number of fused-ring (bicyclic) bond motifs is 9. The maximum Gasteiger partial charge on any atom is 0.238 e. The minimum Gasteiger partial charge on any atom is -0.455 e. The average molecular weight is 671 g/mol. The Morgan fingerprint density at radius 3 is 1.86 bits per heavy atom. The highest BCUT2D eigenvalue weighted by Crippen LogP contribution is 2.44. The fourth-order valence-electron chi connectivity index (χ4n) is 7.56. The van der Waals surface area contributed by atoms with E-state index in [1.165, 1.54) is 25.7 Å². The molecule has 0 aliphatic carbocycles. The van der Waals surface area contributed by atoms with E-state index in [9.17, 15) is 0 Å². The van der Waals surface area contributed by atoms with Crippen LogP contribution in [0.15, 0.2) is 162 Å². The summed E-state index contributed by atoms with van der Waals surface area (Å²) in [6.07, 6.45) is 0. The lowest BCUT2D eigenvalue weighted by Crippen LogP contribution is -2.06. The second-order valence-electron chi connectivity index (χ2n) is 12.8. The molecule has 0 radical (unpaired) electrons. The predicted octanol–water partition coefficient (Wildman–Crippen LogP) is 12.2. The molecule has 0 aliphatic heterocycles. The number of rotatable bonds is 4. The van der Waals surface area contributed by atoms with Gasteiger partial charge in [0.05, 0.1) is 11.0 Å². The minimum absolute atomic E-state index is 0.569. The molecule has 0 amide bonds. The van der Waals surface area contributed by atoms with Gasteiger partial charge < -0.3 is 4.42 Å².